The SMILES string of the molecule is O=C(O)/C=C/c1nc2ccc(F)cc2[nH]1. The molecule has 0 fully saturated rings. The van der Waals surface area contributed by atoms with Crippen LogP contribution in [0, 0.1) is 5.82 Å². The van der Waals surface area contributed by atoms with E-state index in [1.54, 1.807) is 0 Å². The maximum absolute atomic E-state index is 12.8. The normalized spacial score (nSPS) is 11.3. The Bertz CT molecular complexity index is 545. The van der Waals surface area contributed by atoms with Crippen molar-refractivity contribution in [2.45, 2.75) is 0 Å². The van der Waals surface area contributed by atoms with Crippen molar-refractivity contribution in [1.29, 1.82) is 0 Å². The van der Waals surface area contributed by atoms with Crippen LogP contribution in [0.1, 0.15) is 5.82 Å². The number of carboxylic acid groups (broad SMARTS) is 1. The molecule has 4 nitrogen and oxygen atoms in total. The molecule has 2 rings (SSSR count). The number of benzene rings is 1. The summed E-state index contributed by atoms with van der Waals surface area (Å²) in [6, 6.07) is 4.13. The number of rotatable bonds is 2. The minimum Gasteiger partial charge on any atom is -0.478 e. The first-order valence-electron chi connectivity index (χ1n) is 4.21. The Kier molecular flexibility index (Phi) is 2.21. The Morgan fingerprint density at radius 3 is 3.07 bits per heavy atom. The zero-order chi connectivity index (χ0) is 10.8. The molecule has 2 N–H and O–H groups in total. The number of aromatic nitrogens is 2. The van der Waals surface area contributed by atoms with Crippen LogP contribution in [0.5, 0.6) is 0 Å². The molecule has 76 valence electrons. The predicted octanol–water partition coefficient (Wildman–Crippen LogP) is 1.80. The highest BCUT2D eigenvalue weighted by Gasteiger charge is 2.01. The summed E-state index contributed by atoms with van der Waals surface area (Å²) in [6.45, 7) is 0. The first-order chi connectivity index (χ1) is 7.15. The molecule has 0 amide bonds. The van der Waals surface area contributed by atoms with Crippen LogP contribution in [0.25, 0.3) is 17.1 Å². The third-order valence-corrected chi connectivity index (χ3v) is 1.85. The topological polar surface area (TPSA) is 66.0 Å². The summed E-state index contributed by atoms with van der Waals surface area (Å²) in [5, 5.41) is 8.41. The molecule has 0 spiro atoms. The van der Waals surface area contributed by atoms with Crippen LogP contribution < -0.4 is 0 Å². The minimum absolute atomic E-state index is 0.361. The van der Waals surface area contributed by atoms with E-state index < -0.39 is 5.97 Å². The lowest BCUT2D eigenvalue weighted by molar-refractivity contribution is -0.131. The van der Waals surface area contributed by atoms with Crippen molar-refractivity contribution in [3.63, 3.8) is 0 Å². The van der Waals surface area contributed by atoms with Crippen LogP contribution in [0.2, 0.25) is 0 Å². The standard InChI is InChI=1S/C10H7FN2O2/c11-6-1-2-7-8(5-6)13-9(12-7)3-4-10(14)15/h1-5H,(H,12,13)(H,14,15)/b4-3+. The van der Waals surface area contributed by atoms with Gasteiger partial charge in [-0.05, 0) is 24.3 Å². The van der Waals surface area contributed by atoms with Gasteiger partial charge in [-0.2, -0.15) is 0 Å². The average molecular weight is 206 g/mol. The molecule has 0 unspecified atom stereocenters. The number of nitrogens with zero attached hydrogens (tertiary/aromatic N) is 1. The molecular weight excluding hydrogens is 199 g/mol. The number of fused-ring (bicyclic) bond motifs is 1. The molecule has 0 aliphatic carbocycles. The van der Waals surface area contributed by atoms with Crippen LogP contribution in [0.3, 0.4) is 0 Å². The van der Waals surface area contributed by atoms with E-state index in [1.807, 2.05) is 0 Å². The van der Waals surface area contributed by atoms with Crippen LogP contribution in [-0.2, 0) is 4.79 Å². The number of imidazole rings is 1. The van der Waals surface area contributed by atoms with E-state index in [4.69, 9.17) is 5.11 Å². The van der Waals surface area contributed by atoms with Gasteiger partial charge in [-0.1, -0.05) is 0 Å². The van der Waals surface area contributed by atoms with E-state index in [1.165, 1.54) is 24.3 Å². The predicted molar refractivity (Wildman–Crippen MR) is 52.7 cm³/mol. The lowest BCUT2D eigenvalue weighted by atomic mass is 10.3. The summed E-state index contributed by atoms with van der Waals surface area (Å²) >= 11 is 0. The first kappa shape index (κ1) is 9.39. The monoisotopic (exact) mass is 206 g/mol. The van der Waals surface area contributed by atoms with Crippen LogP contribution in [0.4, 0.5) is 4.39 Å². The zero-order valence-electron chi connectivity index (χ0n) is 7.57. The quantitative estimate of drug-likeness (QED) is 0.736. The molecule has 0 radical (unpaired) electrons. The van der Waals surface area contributed by atoms with Crippen molar-refractivity contribution < 1.29 is 14.3 Å². The molecule has 15 heavy (non-hydrogen) atoms. The summed E-state index contributed by atoms with van der Waals surface area (Å²) in [5.41, 5.74) is 1.14. The van der Waals surface area contributed by atoms with Gasteiger partial charge in [-0.25, -0.2) is 14.2 Å². The smallest absolute Gasteiger partial charge is 0.328 e. The number of aromatic amines is 1. The first-order valence-corrected chi connectivity index (χ1v) is 4.21. The molecule has 0 saturated heterocycles. The van der Waals surface area contributed by atoms with Gasteiger partial charge in [0.1, 0.15) is 11.6 Å². The van der Waals surface area contributed by atoms with Gasteiger partial charge in [0.25, 0.3) is 0 Å². The van der Waals surface area contributed by atoms with Gasteiger partial charge in [0.2, 0.25) is 0 Å². The van der Waals surface area contributed by atoms with Gasteiger partial charge in [0.05, 0.1) is 11.0 Å². The molecule has 0 atom stereocenters. The molecule has 0 bridgehead atoms. The Hall–Kier alpha value is -2.17. The van der Waals surface area contributed by atoms with Crippen LogP contribution in [-0.4, -0.2) is 21.0 Å². The van der Waals surface area contributed by atoms with Crippen molar-refractivity contribution >= 4 is 23.1 Å². The van der Waals surface area contributed by atoms with E-state index in [0.29, 0.717) is 16.9 Å². The van der Waals surface area contributed by atoms with Crippen molar-refractivity contribution in [2.24, 2.45) is 0 Å². The Balaban J connectivity index is 2.43. The molecule has 5 heteroatoms. The summed E-state index contributed by atoms with van der Waals surface area (Å²) in [6.07, 6.45) is 2.29. The summed E-state index contributed by atoms with van der Waals surface area (Å²) in [5.74, 6) is -1.03. The molecular formula is C10H7FN2O2. The number of nitrogens with one attached hydrogen (secondary N) is 1. The highest BCUT2D eigenvalue weighted by Crippen LogP contribution is 2.13. The molecule has 0 aliphatic heterocycles. The molecule has 0 aliphatic rings. The maximum atomic E-state index is 12.8. The lowest BCUT2D eigenvalue weighted by Crippen LogP contribution is -1.86. The van der Waals surface area contributed by atoms with Crippen molar-refractivity contribution in [3.05, 3.63) is 35.9 Å². The second kappa shape index (κ2) is 3.53. The van der Waals surface area contributed by atoms with Crippen LogP contribution >= 0.6 is 0 Å². The van der Waals surface area contributed by atoms with Gasteiger partial charge in [-0.3, -0.25) is 0 Å². The third kappa shape index (κ3) is 2.01. The maximum Gasteiger partial charge on any atom is 0.328 e. The van der Waals surface area contributed by atoms with E-state index in [2.05, 4.69) is 9.97 Å². The number of halogens is 1. The molecule has 0 saturated carbocycles. The molecule has 1 aromatic carbocycles. The van der Waals surface area contributed by atoms with Gasteiger partial charge in [0, 0.05) is 6.08 Å². The largest absolute Gasteiger partial charge is 0.478 e. The van der Waals surface area contributed by atoms with Crippen molar-refractivity contribution in [3.8, 4) is 0 Å². The highest BCUT2D eigenvalue weighted by atomic mass is 19.1. The lowest BCUT2D eigenvalue weighted by Gasteiger charge is -1.86. The number of hydrogen-bond donors (Lipinski definition) is 2. The van der Waals surface area contributed by atoms with E-state index in [0.717, 1.165) is 6.08 Å². The summed E-state index contributed by atoms with van der Waals surface area (Å²) in [7, 11) is 0. The van der Waals surface area contributed by atoms with Gasteiger partial charge in [0.15, 0.2) is 0 Å². The van der Waals surface area contributed by atoms with E-state index >= 15 is 0 Å². The van der Waals surface area contributed by atoms with E-state index in [9.17, 15) is 9.18 Å². The van der Waals surface area contributed by atoms with Crippen molar-refractivity contribution in [1.82, 2.24) is 9.97 Å². The fraction of sp³-hybridized carbons (Fsp3) is 0. The van der Waals surface area contributed by atoms with Gasteiger partial charge < -0.3 is 10.1 Å². The fourth-order valence-electron chi connectivity index (χ4n) is 1.23. The zero-order valence-corrected chi connectivity index (χ0v) is 7.57. The summed E-state index contributed by atoms with van der Waals surface area (Å²) in [4.78, 5) is 17.1. The highest BCUT2D eigenvalue weighted by molar-refractivity contribution is 5.85. The average Bonchev–Trinajstić information content (AvgIpc) is 2.56. The molecule has 1 aromatic heterocycles. The minimum atomic E-state index is -1.05. The van der Waals surface area contributed by atoms with Crippen LogP contribution in [0.15, 0.2) is 24.3 Å². The van der Waals surface area contributed by atoms with E-state index in [-0.39, 0.29) is 5.82 Å². The number of carbonyl (C=O) groups is 1. The second-order valence-corrected chi connectivity index (χ2v) is 2.96. The third-order valence-electron chi connectivity index (χ3n) is 1.85. The second-order valence-electron chi connectivity index (χ2n) is 2.96. The van der Waals surface area contributed by atoms with Gasteiger partial charge in [-0.15, -0.1) is 0 Å². The molecule has 2 aromatic rings. The fourth-order valence-corrected chi connectivity index (χ4v) is 1.23. The van der Waals surface area contributed by atoms with Crippen molar-refractivity contribution in [2.75, 3.05) is 0 Å². The van der Waals surface area contributed by atoms with Gasteiger partial charge >= 0.3 is 5.97 Å². The number of H-pyrrole nitrogens is 1. The Labute approximate surface area is 84.1 Å². The number of carboxylic acids is 1. The Morgan fingerprint density at radius 2 is 2.33 bits per heavy atom. The molecule has 1 heterocycles. The Morgan fingerprint density at radius 1 is 1.53 bits per heavy atom. The number of hydrogen-bond acceptors (Lipinski definition) is 2. The number of aliphatic carboxylic acids is 1. The summed E-state index contributed by atoms with van der Waals surface area (Å²) < 4.78 is 12.8.